The molecule has 0 aromatic heterocycles. The molecular formula is C17H19FO2. The van der Waals surface area contributed by atoms with E-state index in [0.717, 1.165) is 12.8 Å². The van der Waals surface area contributed by atoms with E-state index in [-0.39, 0.29) is 5.82 Å². The van der Waals surface area contributed by atoms with Gasteiger partial charge in [-0.25, -0.2) is 4.39 Å². The molecule has 0 bridgehead atoms. The maximum atomic E-state index is 13.3. The highest BCUT2D eigenvalue weighted by molar-refractivity contribution is 5.35. The highest BCUT2D eigenvalue weighted by Gasteiger charge is 2.14. The molecule has 0 spiro atoms. The zero-order chi connectivity index (χ0) is 14.4. The molecule has 0 amide bonds. The summed E-state index contributed by atoms with van der Waals surface area (Å²) in [6.07, 6.45) is 1.61. The summed E-state index contributed by atoms with van der Waals surface area (Å²) in [4.78, 5) is 0. The summed E-state index contributed by atoms with van der Waals surface area (Å²) in [6, 6.07) is 14.3. The topological polar surface area (TPSA) is 29.5 Å². The normalized spacial score (nSPS) is 12.2. The predicted molar refractivity (Wildman–Crippen MR) is 77.3 cm³/mol. The van der Waals surface area contributed by atoms with Gasteiger partial charge in [0.2, 0.25) is 0 Å². The minimum Gasteiger partial charge on any atom is -0.496 e. The first-order valence-electron chi connectivity index (χ1n) is 6.76. The molecule has 2 aromatic carbocycles. The van der Waals surface area contributed by atoms with Crippen LogP contribution in [0.25, 0.3) is 0 Å². The van der Waals surface area contributed by atoms with Crippen LogP contribution >= 0.6 is 0 Å². The number of hydrogen-bond acceptors (Lipinski definition) is 2. The molecule has 0 saturated heterocycles. The van der Waals surface area contributed by atoms with E-state index >= 15 is 0 Å². The monoisotopic (exact) mass is 274 g/mol. The van der Waals surface area contributed by atoms with Crippen LogP contribution < -0.4 is 4.74 Å². The van der Waals surface area contributed by atoms with Gasteiger partial charge in [0.25, 0.3) is 0 Å². The molecule has 2 rings (SSSR count). The van der Waals surface area contributed by atoms with E-state index in [1.165, 1.54) is 24.8 Å². The van der Waals surface area contributed by atoms with Gasteiger partial charge in [0.1, 0.15) is 11.6 Å². The Labute approximate surface area is 118 Å². The lowest BCUT2D eigenvalue weighted by atomic mass is 10.0. The molecule has 0 radical (unpaired) electrons. The molecular weight excluding hydrogens is 255 g/mol. The smallest absolute Gasteiger partial charge is 0.124 e. The van der Waals surface area contributed by atoms with Gasteiger partial charge in [0.05, 0.1) is 13.2 Å². The molecule has 0 aliphatic carbocycles. The molecule has 1 unspecified atom stereocenters. The largest absolute Gasteiger partial charge is 0.496 e. The van der Waals surface area contributed by atoms with Gasteiger partial charge in [0.15, 0.2) is 0 Å². The molecule has 0 fully saturated rings. The summed E-state index contributed by atoms with van der Waals surface area (Å²) >= 11 is 0. The number of benzene rings is 2. The molecule has 1 N–H and O–H groups in total. The lowest BCUT2D eigenvalue weighted by molar-refractivity contribution is 0.160. The molecule has 20 heavy (non-hydrogen) atoms. The molecule has 106 valence electrons. The second kappa shape index (κ2) is 7.06. The summed E-state index contributed by atoms with van der Waals surface area (Å²) in [6.45, 7) is 0. The van der Waals surface area contributed by atoms with Crippen LogP contribution in [0, 0.1) is 5.82 Å². The third-order valence-corrected chi connectivity index (χ3v) is 3.34. The molecule has 0 aliphatic heterocycles. The molecule has 0 heterocycles. The standard InChI is InChI=1S/C17H19FO2/c1-20-17-11-10-14(18)12-15(17)16(19)9-5-8-13-6-3-2-4-7-13/h2-4,6-7,10-12,16,19H,5,8-9H2,1H3. The van der Waals surface area contributed by atoms with Crippen molar-refractivity contribution in [3.63, 3.8) is 0 Å². The van der Waals surface area contributed by atoms with Crippen LogP contribution in [0.3, 0.4) is 0 Å². The number of halogens is 1. The molecule has 2 nitrogen and oxygen atoms in total. The van der Waals surface area contributed by atoms with Gasteiger partial charge >= 0.3 is 0 Å². The van der Waals surface area contributed by atoms with Crippen LogP contribution in [0.4, 0.5) is 4.39 Å². The van der Waals surface area contributed by atoms with Crippen molar-refractivity contribution in [3.05, 3.63) is 65.5 Å². The second-order valence-corrected chi connectivity index (χ2v) is 4.78. The Morgan fingerprint density at radius 1 is 1.15 bits per heavy atom. The lowest BCUT2D eigenvalue weighted by Gasteiger charge is -2.14. The van der Waals surface area contributed by atoms with Crippen molar-refractivity contribution >= 4 is 0 Å². The Kier molecular flexibility index (Phi) is 5.13. The van der Waals surface area contributed by atoms with Crippen molar-refractivity contribution in [2.75, 3.05) is 7.11 Å². The van der Waals surface area contributed by atoms with E-state index < -0.39 is 6.10 Å². The van der Waals surface area contributed by atoms with Gasteiger partial charge in [-0.1, -0.05) is 30.3 Å². The highest BCUT2D eigenvalue weighted by Crippen LogP contribution is 2.29. The summed E-state index contributed by atoms with van der Waals surface area (Å²) in [5.74, 6) is 0.168. The van der Waals surface area contributed by atoms with Gasteiger partial charge in [-0.2, -0.15) is 0 Å². The maximum Gasteiger partial charge on any atom is 0.124 e. The first-order chi connectivity index (χ1) is 9.70. The van der Waals surface area contributed by atoms with Crippen molar-refractivity contribution in [1.29, 1.82) is 0 Å². The Bertz CT molecular complexity index is 540. The number of ether oxygens (including phenoxy) is 1. The van der Waals surface area contributed by atoms with E-state index in [9.17, 15) is 9.50 Å². The highest BCUT2D eigenvalue weighted by atomic mass is 19.1. The van der Waals surface area contributed by atoms with Crippen molar-refractivity contribution in [2.24, 2.45) is 0 Å². The fraction of sp³-hybridized carbons (Fsp3) is 0.294. The summed E-state index contributed by atoms with van der Waals surface area (Å²) in [7, 11) is 1.52. The van der Waals surface area contributed by atoms with Crippen molar-refractivity contribution in [1.82, 2.24) is 0 Å². The molecule has 0 saturated carbocycles. The molecule has 3 heteroatoms. The minimum absolute atomic E-state index is 0.358. The van der Waals surface area contributed by atoms with Crippen molar-refractivity contribution < 1.29 is 14.2 Å². The van der Waals surface area contributed by atoms with Gasteiger partial charge in [-0.05, 0) is 43.0 Å². The Hall–Kier alpha value is -1.87. The number of aliphatic hydroxyl groups is 1. The lowest BCUT2D eigenvalue weighted by Crippen LogP contribution is -2.02. The first kappa shape index (κ1) is 14.5. The number of rotatable bonds is 6. The average molecular weight is 274 g/mol. The van der Waals surface area contributed by atoms with E-state index in [0.29, 0.717) is 17.7 Å². The van der Waals surface area contributed by atoms with E-state index in [4.69, 9.17) is 4.74 Å². The number of aryl methyl sites for hydroxylation is 1. The predicted octanol–water partition coefficient (Wildman–Crippen LogP) is 3.89. The second-order valence-electron chi connectivity index (χ2n) is 4.78. The molecule has 1 atom stereocenters. The van der Waals surface area contributed by atoms with Gasteiger partial charge < -0.3 is 9.84 Å². The number of methoxy groups -OCH3 is 1. The Morgan fingerprint density at radius 2 is 1.90 bits per heavy atom. The minimum atomic E-state index is -0.704. The van der Waals surface area contributed by atoms with Crippen LogP contribution in [-0.4, -0.2) is 12.2 Å². The number of hydrogen-bond donors (Lipinski definition) is 1. The van der Waals surface area contributed by atoms with Crippen LogP contribution in [0.1, 0.15) is 30.1 Å². The van der Waals surface area contributed by atoms with Gasteiger partial charge in [-0.3, -0.25) is 0 Å². The summed E-state index contributed by atoms with van der Waals surface area (Å²) in [5.41, 5.74) is 1.76. The molecule has 2 aromatic rings. The fourth-order valence-electron chi connectivity index (χ4n) is 2.27. The van der Waals surface area contributed by atoms with Crippen molar-refractivity contribution in [3.8, 4) is 5.75 Å². The van der Waals surface area contributed by atoms with E-state index in [1.54, 1.807) is 6.07 Å². The van der Waals surface area contributed by atoms with E-state index in [1.807, 2.05) is 18.2 Å². The average Bonchev–Trinajstić information content (AvgIpc) is 2.48. The van der Waals surface area contributed by atoms with E-state index in [2.05, 4.69) is 12.1 Å². The Balaban J connectivity index is 1.95. The SMILES string of the molecule is COc1ccc(F)cc1C(O)CCCc1ccccc1. The van der Waals surface area contributed by atoms with Crippen LogP contribution in [0.5, 0.6) is 5.75 Å². The summed E-state index contributed by atoms with van der Waals surface area (Å²) in [5, 5.41) is 10.2. The number of aliphatic hydroxyl groups excluding tert-OH is 1. The van der Waals surface area contributed by atoms with Gasteiger partial charge in [-0.15, -0.1) is 0 Å². The summed E-state index contributed by atoms with van der Waals surface area (Å²) < 4.78 is 18.4. The third-order valence-electron chi connectivity index (χ3n) is 3.34. The van der Waals surface area contributed by atoms with Crippen LogP contribution in [0.2, 0.25) is 0 Å². The Morgan fingerprint density at radius 3 is 2.60 bits per heavy atom. The molecule has 0 aliphatic rings. The quantitative estimate of drug-likeness (QED) is 0.866. The zero-order valence-electron chi connectivity index (χ0n) is 11.6. The van der Waals surface area contributed by atoms with Crippen molar-refractivity contribution in [2.45, 2.75) is 25.4 Å². The van der Waals surface area contributed by atoms with Crippen LogP contribution in [-0.2, 0) is 6.42 Å². The maximum absolute atomic E-state index is 13.3. The fourth-order valence-corrected chi connectivity index (χ4v) is 2.27. The zero-order valence-corrected chi connectivity index (χ0v) is 11.6. The first-order valence-corrected chi connectivity index (χ1v) is 6.76. The van der Waals surface area contributed by atoms with Crippen LogP contribution in [0.15, 0.2) is 48.5 Å². The third kappa shape index (κ3) is 3.81. The van der Waals surface area contributed by atoms with Gasteiger partial charge in [0, 0.05) is 5.56 Å².